The zero-order chi connectivity index (χ0) is 20.9. The first-order valence-electron chi connectivity index (χ1n) is 8.39. The summed E-state index contributed by atoms with van der Waals surface area (Å²) in [4.78, 5) is 12.1. The number of benzene rings is 3. The molecule has 0 aliphatic heterocycles. The molecule has 0 bridgehead atoms. The summed E-state index contributed by atoms with van der Waals surface area (Å²) in [7, 11) is -3.75. The van der Waals surface area contributed by atoms with Gasteiger partial charge in [0.1, 0.15) is 5.75 Å². The number of anilines is 2. The van der Waals surface area contributed by atoms with E-state index < -0.39 is 10.0 Å². The smallest absolute Gasteiger partial charge is 0.262 e. The molecule has 0 radical (unpaired) electrons. The third-order valence-corrected chi connectivity index (χ3v) is 6.09. The maximum absolute atomic E-state index is 12.4. The van der Waals surface area contributed by atoms with E-state index in [0.29, 0.717) is 22.1 Å². The number of amides is 1. The summed E-state index contributed by atoms with van der Waals surface area (Å²) < 4.78 is 33.5. The normalized spacial score (nSPS) is 11.0. The second-order valence-corrected chi connectivity index (χ2v) is 8.87. The molecule has 0 aliphatic rings. The molecule has 0 saturated heterocycles. The quantitative estimate of drug-likeness (QED) is 0.487. The molecule has 3 rings (SSSR count). The molecule has 0 heterocycles. The van der Waals surface area contributed by atoms with Crippen molar-refractivity contribution in [3.8, 4) is 5.75 Å². The van der Waals surface area contributed by atoms with Gasteiger partial charge in [-0.15, -0.1) is 0 Å². The molecule has 9 heteroatoms. The van der Waals surface area contributed by atoms with Gasteiger partial charge in [0.25, 0.3) is 15.9 Å². The molecule has 6 nitrogen and oxygen atoms in total. The van der Waals surface area contributed by atoms with Crippen molar-refractivity contribution in [1.29, 1.82) is 0 Å². The largest absolute Gasteiger partial charge is 0.484 e. The molecule has 0 aliphatic carbocycles. The number of nitrogens with one attached hydrogen (secondary N) is 2. The number of hydrogen-bond acceptors (Lipinski definition) is 4. The van der Waals surface area contributed by atoms with Crippen molar-refractivity contribution in [3.63, 3.8) is 0 Å². The van der Waals surface area contributed by atoms with Gasteiger partial charge in [-0.1, -0.05) is 23.7 Å². The van der Waals surface area contributed by atoms with Crippen LogP contribution in [-0.2, 0) is 14.8 Å². The van der Waals surface area contributed by atoms with Crippen LogP contribution in [0.2, 0.25) is 5.02 Å². The molecule has 2 N–H and O–H groups in total. The molecule has 0 atom stereocenters. The summed E-state index contributed by atoms with van der Waals surface area (Å²) in [5, 5.41) is 3.23. The van der Waals surface area contributed by atoms with Gasteiger partial charge in [0.2, 0.25) is 0 Å². The van der Waals surface area contributed by atoms with Gasteiger partial charge < -0.3 is 10.1 Å². The Bertz CT molecular complexity index is 1100. The number of ether oxygens (including phenoxy) is 1. The molecular formula is C20H16BrClN2O4S. The Morgan fingerprint density at radius 3 is 2.28 bits per heavy atom. The molecule has 3 aromatic carbocycles. The van der Waals surface area contributed by atoms with E-state index in [2.05, 4.69) is 26.0 Å². The fourth-order valence-electron chi connectivity index (χ4n) is 2.34. The van der Waals surface area contributed by atoms with Crippen LogP contribution in [0.5, 0.6) is 5.75 Å². The SMILES string of the molecule is O=C(COc1ccc(S(=O)(=O)Nc2ccc(Cl)cc2)cc1)Nc1ccccc1Br. The maximum atomic E-state index is 12.4. The Hall–Kier alpha value is -2.55. The van der Waals surface area contributed by atoms with Gasteiger partial charge in [-0.25, -0.2) is 8.42 Å². The van der Waals surface area contributed by atoms with Crippen LogP contribution in [0.15, 0.2) is 82.2 Å². The first-order valence-corrected chi connectivity index (χ1v) is 11.0. The highest BCUT2D eigenvalue weighted by Crippen LogP contribution is 2.22. The lowest BCUT2D eigenvalue weighted by Crippen LogP contribution is -2.20. The number of carbonyl (C=O) groups is 1. The van der Waals surface area contributed by atoms with Crippen molar-refractivity contribution >= 4 is 54.8 Å². The van der Waals surface area contributed by atoms with E-state index in [4.69, 9.17) is 16.3 Å². The lowest BCUT2D eigenvalue weighted by atomic mass is 10.3. The van der Waals surface area contributed by atoms with Gasteiger partial charge in [0.05, 0.1) is 10.6 Å². The minimum absolute atomic E-state index is 0.0671. The van der Waals surface area contributed by atoms with Crippen LogP contribution in [0.1, 0.15) is 0 Å². The van der Waals surface area contributed by atoms with Crippen LogP contribution in [0.25, 0.3) is 0 Å². The Morgan fingerprint density at radius 2 is 1.62 bits per heavy atom. The van der Waals surface area contributed by atoms with E-state index in [1.54, 1.807) is 36.4 Å². The van der Waals surface area contributed by atoms with E-state index in [9.17, 15) is 13.2 Å². The molecule has 29 heavy (non-hydrogen) atoms. The van der Waals surface area contributed by atoms with E-state index in [1.807, 2.05) is 12.1 Å². The molecule has 0 spiro atoms. The second-order valence-electron chi connectivity index (χ2n) is 5.90. The minimum atomic E-state index is -3.75. The number of carbonyl (C=O) groups excluding carboxylic acids is 1. The van der Waals surface area contributed by atoms with Gasteiger partial charge in [-0.2, -0.15) is 0 Å². The first-order chi connectivity index (χ1) is 13.8. The molecule has 0 unspecified atom stereocenters. The lowest BCUT2D eigenvalue weighted by Gasteiger charge is -2.10. The standard InChI is InChI=1S/C20H16BrClN2O4S/c21-18-3-1-2-4-19(18)23-20(25)13-28-16-9-11-17(12-10-16)29(26,27)24-15-7-5-14(22)6-8-15/h1-12,24H,13H2,(H,23,25). The van der Waals surface area contributed by atoms with Gasteiger partial charge in [-0.3, -0.25) is 9.52 Å². The third kappa shape index (κ3) is 5.96. The highest BCUT2D eigenvalue weighted by Gasteiger charge is 2.14. The minimum Gasteiger partial charge on any atom is -0.484 e. The summed E-state index contributed by atoms with van der Waals surface area (Å²) in [6.45, 7) is -0.212. The average molecular weight is 496 g/mol. The van der Waals surface area contributed by atoms with E-state index in [0.717, 1.165) is 4.47 Å². The first kappa shape index (κ1) is 21.2. The van der Waals surface area contributed by atoms with E-state index >= 15 is 0 Å². The highest BCUT2D eigenvalue weighted by atomic mass is 79.9. The molecule has 150 valence electrons. The zero-order valence-electron chi connectivity index (χ0n) is 14.9. The summed E-state index contributed by atoms with van der Waals surface area (Å²) in [6, 6.07) is 19.3. The van der Waals surface area contributed by atoms with Gasteiger partial charge >= 0.3 is 0 Å². The number of rotatable bonds is 7. The zero-order valence-corrected chi connectivity index (χ0v) is 18.1. The molecule has 1 amide bonds. The van der Waals surface area contributed by atoms with Crippen LogP contribution in [0.4, 0.5) is 11.4 Å². The molecule has 0 aromatic heterocycles. The van der Waals surface area contributed by atoms with E-state index in [1.165, 1.54) is 24.3 Å². The maximum Gasteiger partial charge on any atom is 0.262 e. The highest BCUT2D eigenvalue weighted by molar-refractivity contribution is 9.10. The number of hydrogen-bond donors (Lipinski definition) is 2. The van der Waals surface area contributed by atoms with Crippen LogP contribution < -0.4 is 14.8 Å². The Labute approximate surface area is 182 Å². The predicted molar refractivity (Wildman–Crippen MR) is 117 cm³/mol. The van der Waals surface area contributed by atoms with Crippen LogP contribution in [0.3, 0.4) is 0 Å². The molecular weight excluding hydrogens is 480 g/mol. The average Bonchev–Trinajstić information content (AvgIpc) is 2.70. The van der Waals surface area contributed by atoms with Gasteiger partial charge in [0.15, 0.2) is 6.61 Å². The van der Waals surface area contributed by atoms with Crippen molar-refractivity contribution < 1.29 is 17.9 Å². The summed E-state index contributed by atoms with van der Waals surface area (Å²) in [5.41, 5.74) is 1.04. The van der Waals surface area contributed by atoms with E-state index in [-0.39, 0.29) is 17.4 Å². The van der Waals surface area contributed by atoms with Crippen molar-refractivity contribution in [2.24, 2.45) is 0 Å². The molecule has 0 fully saturated rings. The Morgan fingerprint density at radius 1 is 0.966 bits per heavy atom. The number of halogens is 2. The van der Waals surface area contributed by atoms with Crippen molar-refractivity contribution in [2.75, 3.05) is 16.6 Å². The monoisotopic (exact) mass is 494 g/mol. The Kier molecular flexibility index (Phi) is 6.79. The lowest BCUT2D eigenvalue weighted by molar-refractivity contribution is -0.118. The number of para-hydroxylation sites is 1. The third-order valence-electron chi connectivity index (χ3n) is 3.75. The van der Waals surface area contributed by atoms with Gasteiger partial charge in [0, 0.05) is 15.2 Å². The van der Waals surface area contributed by atoms with Crippen LogP contribution in [0, 0.1) is 0 Å². The second kappa shape index (κ2) is 9.30. The molecule has 0 saturated carbocycles. The fraction of sp³-hybridized carbons (Fsp3) is 0.0500. The van der Waals surface area contributed by atoms with Crippen molar-refractivity contribution in [1.82, 2.24) is 0 Å². The Balaban J connectivity index is 1.58. The van der Waals surface area contributed by atoms with Crippen LogP contribution >= 0.6 is 27.5 Å². The predicted octanol–water partition coefficient (Wildman–Crippen LogP) is 4.92. The summed E-state index contributed by atoms with van der Waals surface area (Å²) >= 11 is 9.15. The number of sulfonamides is 1. The van der Waals surface area contributed by atoms with Crippen molar-refractivity contribution in [2.45, 2.75) is 4.90 Å². The summed E-state index contributed by atoms with van der Waals surface area (Å²) in [5.74, 6) is 0.0377. The topological polar surface area (TPSA) is 84.5 Å². The van der Waals surface area contributed by atoms with Crippen LogP contribution in [-0.4, -0.2) is 20.9 Å². The summed E-state index contributed by atoms with van der Waals surface area (Å²) in [6.07, 6.45) is 0. The molecule has 3 aromatic rings. The van der Waals surface area contributed by atoms with Crippen molar-refractivity contribution in [3.05, 3.63) is 82.3 Å². The van der Waals surface area contributed by atoms with Gasteiger partial charge in [-0.05, 0) is 76.6 Å². The fourth-order valence-corrected chi connectivity index (χ4v) is 3.91.